The summed E-state index contributed by atoms with van der Waals surface area (Å²) in [6.45, 7) is 3.03. The van der Waals surface area contributed by atoms with Crippen molar-refractivity contribution in [3.8, 4) is 6.07 Å². The third-order valence-corrected chi connectivity index (χ3v) is 8.56. The Labute approximate surface area is 216 Å². The summed E-state index contributed by atoms with van der Waals surface area (Å²) in [5.74, 6) is -0.0216. The molecule has 2 N–H and O–H groups in total. The number of fused-ring (bicyclic) bond motifs is 1. The summed E-state index contributed by atoms with van der Waals surface area (Å²) in [6.07, 6.45) is 5.27. The van der Waals surface area contributed by atoms with Gasteiger partial charge in [0, 0.05) is 31.4 Å². The molecule has 1 saturated heterocycles. The monoisotopic (exact) mass is 510 g/mol. The van der Waals surface area contributed by atoms with Crippen molar-refractivity contribution in [3.05, 3.63) is 64.4 Å². The predicted octanol–water partition coefficient (Wildman–Crippen LogP) is 5.15. The van der Waals surface area contributed by atoms with Crippen molar-refractivity contribution in [1.29, 1.82) is 5.26 Å². The van der Waals surface area contributed by atoms with Gasteiger partial charge in [0.15, 0.2) is 0 Å². The van der Waals surface area contributed by atoms with Crippen molar-refractivity contribution >= 4 is 23.3 Å². The zero-order chi connectivity index (χ0) is 25.3. The van der Waals surface area contributed by atoms with Crippen LogP contribution in [0.4, 0.5) is 14.9 Å². The average molecular weight is 511 g/mol. The molecule has 0 aromatic heterocycles. The number of likely N-dealkylation sites (tertiary alicyclic amines) is 1. The normalized spacial score (nSPS) is 27.2. The topological polar surface area (TPSA) is 79.6 Å². The quantitative estimate of drug-likeness (QED) is 0.539. The Bertz CT molecular complexity index is 1170. The SMILES string of the molecule is N#Cc1cccc([C@]23CC[C@@H](N(CCCN4CC[C@@H](O)C4)C(=O)Nc4ccc(F)c(Cl)c4)CC2C3)c1. The molecular weight excluding hydrogens is 479 g/mol. The number of rotatable bonds is 7. The van der Waals surface area contributed by atoms with Gasteiger partial charge >= 0.3 is 6.03 Å². The second-order valence-corrected chi connectivity index (χ2v) is 10.9. The van der Waals surface area contributed by atoms with Crippen LogP contribution >= 0.6 is 11.6 Å². The van der Waals surface area contributed by atoms with Crippen LogP contribution in [0.3, 0.4) is 0 Å². The van der Waals surface area contributed by atoms with E-state index in [2.05, 4.69) is 22.4 Å². The number of anilines is 1. The number of benzene rings is 2. The zero-order valence-electron chi connectivity index (χ0n) is 20.3. The van der Waals surface area contributed by atoms with Gasteiger partial charge in [0.2, 0.25) is 0 Å². The fraction of sp³-hybridized carbons (Fsp3) is 0.500. The Morgan fingerprint density at radius 2 is 2.17 bits per heavy atom. The summed E-state index contributed by atoms with van der Waals surface area (Å²) < 4.78 is 13.6. The number of urea groups is 1. The van der Waals surface area contributed by atoms with Gasteiger partial charge in [-0.1, -0.05) is 23.7 Å². The first-order valence-electron chi connectivity index (χ1n) is 12.8. The molecule has 4 atom stereocenters. The van der Waals surface area contributed by atoms with Crippen LogP contribution in [0.25, 0.3) is 0 Å². The Morgan fingerprint density at radius 3 is 2.89 bits per heavy atom. The number of carbonyl (C=O) groups excluding carboxylic acids is 1. The Hall–Kier alpha value is -2.66. The van der Waals surface area contributed by atoms with Crippen LogP contribution < -0.4 is 5.32 Å². The standard InChI is InChI=1S/C28H32ClFN4O2/c29-25-15-22(5-6-26(25)30)32-27(36)34(11-2-10-33-12-8-24(35)18-33)23-7-9-28(16-21(28)14-23)20-4-1-3-19(13-20)17-31/h1,3-6,13,15,21,23-24,35H,2,7-12,14,16,18H2,(H,32,36)/t21?,23-,24-,28-/m1/s1. The van der Waals surface area contributed by atoms with Gasteiger partial charge in [-0.3, -0.25) is 0 Å². The number of nitrogens with zero attached hydrogens (tertiary/aromatic N) is 3. The summed E-state index contributed by atoms with van der Waals surface area (Å²) in [5, 5.41) is 22.0. The van der Waals surface area contributed by atoms with E-state index in [-0.39, 0.29) is 28.6 Å². The number of aliphatic hydroxyl groups is 1. The van der Waals surface area contributed by atoms with Crippen LogP contribution in [-0.2, 0) is 5.41 Å². The number of carbonyl (C=O) groups is 1. The molecule has 3 aliphatic rings. The lowest BCUT2D eigenvalue weighted by atomic mass is 9.80. The molecule has 2 aliphatic carbocycles. The van der Waals surface area contributed by atoms with E-state index in [9.17, 15) is 19.6 Å². The van der Waals surface area contributed by atoms with E-state index in [1.165, 1.54) is 23.8 Å². The molecule has 190 valence electrons. The second kappa shape index (κ2) is 10.4. The molecule has 0 radical (unpaired) electrons. The van der Waals surface area contributed by atoms with Crippen molar-refractivity contribution in [3.63, 3.8) is 0 Å². The number of nitrogens with one attached hydrogen (secondary N) is 1. The number of hydrogen-bond acceptors (Lipinski definition) is 4. The molecule has 8 heteroatoms. The minimum Gasteiger partial charge on any atom is -0.392 e. The minimum atomic E-state index is -0.517. The summed E-state index contributed by atoms with van der Waals surface area (Å²) in [5.41, 5.74) is 2.54. The molecule has 1 aliphatic heterocycles. The zero-order valence-corrected chi connectivity index (χ0v) is 21.1. The summed E-state index contributed by atoms with van der Waals surface area (Å²) >= 11 is 5.93. The van der Waals surface area contributed by atoms with Crippen molar-refractivity contribution in [2.75, 3.05) is 31.5 Å². The highest BCUT2D eigenvalue weighted by Gasteiger charge is 2.58. The summed E-state index contributed by atoms with van der Waals surface area (Å²) in [7, 11) is 0. The highest BCUT2D eigenvalue weighted by atomic mass is 35.5. The molecule has 2 aromatic rings. The first kappa shape index (κ1) is 25.0. The predicted molar refractivity (Wildman–Crippen MR) is 137 cm³/mol. The Morgan fingerprint density at radius 1 is 1.31 bits per heavy atom. The van der Waals surface area contributed by atoms with Gasteiger partial charge in [0.05, 0.1) is 22.8 Å². The number of hydrogen-bond donors (Lipinski definition) is 2. The van der Waals surface area contributed by atoms with E-state index < -0.39 is 5.82 Å². The molecule has 3 fully saturated rings. The number of halogens is 2. The maximum Gasteiger partial charge on any atom is 0.322 e. The first-order valence-corrected chi connectivity index (χ1v) is 13.2. The molecule has 0 spiro atoms. The molecule has 1 heterocycles. The van der Waals surface area contributed by atoms with Gasteiger partial charge in [-0.05, 0) is 92.3 Å². The average Bonchev–Trinajstić information content (AvgIpc) is 3.48. The van der Waals surface area contributed by atoms with Gasteiger partial charge < -0.3 is 20.2 Å². The molecule has 6 nitrogen and oxygen atoms in total. The fourth-order valence-corrected chi connectivity index (χ4v) is 6.43. The van der Waals surface area contributed by atoms with Crippen LogP contribution in [0.2, 0.25) is 5.02 Å². The number of nitriles is 1. The largest absolute Gasteiger partial charge is 0.392 e. The van der Waals surface area contributed by atoms with Crippen molar-refractivity contribution in [2.45, 2.75) is 56.1 Å². The number of aliphatic hydroxyl groups excluding tert-OH is 1. The van der Waals surface area contributed by atoms with E-state index in [1.54, 1.807) is 0 Å². The van der Waals surface area contributed by atoms with E-state index in [0.717, 1.165) is 51.6 Å². The van der Waals surface area contributed by atoms with Gasteiger partial charge in [0.25, 0.3) is 0 Å². The van der Waals surface area contributed by atoms with Gasteiger partial charge in [-0.15, -0.1) is 0 Å². The van der Waals surface area contributed by atoms with Crippen molar-refractivity contribution in [1.82, 2.24) is 9.80 Å². The van der Waals surface area contributed by atoms with Gasteiger partial charge in [-0.2, -0.15) is 5.26 Å². The Kier molecular flexibility index (Phi) is 7.21. The number of β-amino-alcohol motifs (C(OH)–C–C–N with tert-alkyl or cyclic N) is 1. The third kappa shape index (κ3) is 5.22. The highest BCUT2D eigenvalue weighted by molar-refractivity contribution is 6.31. The molecule has 2 amide bonds. The molecule has 36 heavy (non-hydrogen) atoms. The smallest absolute Gasteiger partial charge is 0.322 e. The lowest BCUT2D eigenvalue weighted by Gasteiger charge is -2.37. The summed E-state index contributed by atoms with van der Waals surface area (Å²) in [6, 6.07) is 14.4. The molecule has 2 aromatic carbocycles. The van der Waals surface area contributed by atoms with E-state index in [1.807, 2.05) is 23.1 Å². The van der Waals surface area contributed by atoms with Crippen LogP contribution in [0.15, 0.2) is 42.5 Å². The van der Waals surface area contributed by atoms with Crippen molar-refractivity contribution < 1.29 is 14.3 Å². The summed E-state index contributed by atoms with van der Waals surface area (Å²) in [4.78, 5) is 17.6. The molecule has 2 saturated carbocycles. The van der Waals surface area contributed by atoms with Gasteiger partial charge in [0.1, 0.15) is 5.82 Å². The first-order chi connectivity index (χ1) is 17.4. The highest BCUT2D eigenvalue weighted by Crippen LogP contribution is 2.62. The van der Waals surface area contributed by atoms with E-state index in [4.69, 9.17) is 11.6 Å². The van der Waals surface area contributed by atoms with E-state index >= 15 is 0 Å². The molecule has 1 unspecified atom stereocenters. The van der Waals surface area contributed by atoms with Crippen LogP contribution in [-0.4, -0.2) is 59.3 Å². The van der Waals surface area contributed by atoms with Crippen LogP contribution in [0, 0.1) is 23.1 Å². The van der Waals surface area contributed by atoms with E-state index in [0.29, 0.717) is 30.3 Å². The maximum atomic E-state index is 13.6. The third-order valence-electron chi connectivity index (χ3n) is 8.27. The molecule has 0 bridgehead atoms. The number of amides is 2. The molecule has 5 rings (SSSR count). The second-order valence-electron chi connectivity index (χ2n) is 10.5. The van der Waals surface area contributed by atoms with Gasteiger partial charge in [-0.25, -0.2) is 9.18 Å². The fourth-order valence-electron chi connectivity index (χ4n) is 6.24. The van der Waals surface area contributed by atoms with Crippen LogP contribution in [0.1, 0.15) is 49.7 Å². The maximum absolute atomic E-state index is 13.6. The minimum absolute atomic E-state index is 0.0213. The lowest BCUT2D eigenvalue weighted by molar-refractivity contribution is 0.151. The lowest BCUT2D eigenvalue weighted by Crippen LogP contribution is -2.46. The Balaban J connectivity index is 1.27. The van der Waals surface area contributed by atoms with Crippen LogP contribution in [0.5, 0.6) is 0 Å². The molecular formula is C28H32ClFN4O2. The van der Waals surface area contributed by atoms with Crippen molar-refractivity contribution in [2.24, 2.45) is 5.92 Å².